The molecule has 2 aromatic heterocycles. The molecule has 0 aromatic carbocycles. The number of aromatic nitrogens is 1. The second-order valence-electron chi connectivity index (χ2n) is 4.16. The van der Waals surface area contributed by atoms with E-state index in [2.05, 4.69) is 43.9 Å². The second-order valence-corrected chi connectivity index (χ2v) is 6.07. The standard InChI is InChI=1S/C13H16BrN3S/c14-10-7-13(18-9-10)8-12(17-15)5-4-11-3-1-2-6-16-11/h1-3,6-7,9,12,17H,4-5,8,15H2. The molecule has 0 spiro atoms. The van der Waals surface area contributed by atoms with Crippen LogP contribution >= 0.6 is 27.3 Å². The molecule has 0 aliphatic rings. The van der Waals surface area contributed by atoms with Gasteiger partial charge in [-0.25, -0.2) is 0 Å². The van der Waals surface area contributed by atoms with E-state index < -0.39 is 0 Å². The molecule has 5 heteroatoms. The molecule has 1 unspecified atom stereocenters. The maximum Gasteiger partial charge on any atom is 0.0404 e. The number of pyridine rings is 1. The smallest absolute Gasteiger partial charge is 0.0404 e. The number of hydrazine groups is 1. The van der Waals surface area contributed by atoms with Crippen LogP contribution in [-0.4, -0.2) is 11.0 Å². The number of hydrogen-bond donors (Lipinski definition) is 2. The summed E-state index contributed by atoms with van der Waals surface area (Å²) in [6.07, 6.45) is 4.72. The monoisotopic (exact) mass is 325 g/mol. The van der Waals surface area contributed by atoms with Crippen LogP contribution in [0.15, 0.2) is 40.3 Å². The fourth-order valence-electron chi connectivity index (χ4n) is 1.82. The summed E-state index contributed by atoms with van der Waals surface area (Å²) in [5, 5.41) is 2.10. The lowest BCUT2D eigenvalue weighted by atomic mass is 10.1. The van der Waals surface area contributed by atoms with E-state index in [9.17, 15) is 0 Å². The third-order valence-electron chi connectivity index (χ3n) is 2.78. The van der Waals surface area contributed by atoms with Gasteiger partial charge in [-0.1, -0.05) is 6.07 Å². The Morgan fingerprint density at radius 2 is 2.33 bits per heavy atom. The van der Waals surface area contributed by atoms with Gasteiger partial charge in [0.25, 0.3) is 0 Å². The molecule has 96 valence electrons. The number of nitrogens with two attached hydrogens (primary N) is 1. The average molecular weight is 326 g/mol. The molecule has 0 saturated heterocycles. The SMILES string of the molecule is NNC(CCc1ccccn1)Cc1cc(Br)cs1. The summed E-state index contributed by atoms with van der Waals surface area (Å²) in [6, 6.07) is 8.44. The van der Waals surface area contributed by atoms with Gasteiger partial charge in [0, 0.05) is 32.7 Å². The summed E-state index contributed by atoms with van der Waals surface area (Å²) in [7, 11) is 0. The average Bonchev–Trinajstić information content (AvgIpc) is 2.81. The third kappa shape index (κ3) is 4.17. The van der Waals surface area contributed by atoms with Crippen LogP contribution in [0.5, 0.6) is 0 Å². The lowest BCUT2D eigenvalue weighted by Crippen LogP contribution is -2.37. The van der Waals surface area contributed by atoms with Crippen LogP contribution in [0.1, 0.15) is 17.0 Å². The van der Waals surface area contributed by atoms with Crippen molar-refractivity contribution < 1.29 is 0 Å². The van der Waals surface area contributed by atoms with Crippen LogP contribution in [0.25, 0.3) is 0 Å². The molecule has 0 fully saturated rings. The third-order valence-corrected chi connectivity index (χ3v) is 4.50. The Morgan fingerprint density at radius 1 is 1.44 bits per heavy atom. The van der Waals surface area contributed by atoms with Gasteiger partial charge < -0.3 is 0 Å². The Hall–Kier alpha value is -0.750. The topological polar surface area (TPSA) is 50.9 Å². The summed E-state index contributed by atoms with van der Waals surface area (Å²) < 4.78 is 1.14. The molecule has 0 amide bonds. The van der Waals surface area contributed by atoms with Crippen LogP contribution in [0.2, 0.25) is 0 Å². The quantitative estimate of drug-likeness (QED) is 0.634. The van der Waals surface area contributed by atoms with Gasteiger partial charge in [0.2, 0.25) is 0 Å². The van der Waals surface area contributed by atoms with E-state index in [4.69, 9.17) is 5.84 Å². The molecule has 0 aliphatic heterocycles. The van der Waals surface area contributed by atoms with Gasteiger partial charge >= 0.3 is 0 Å². The van der Waals surface area contributed by atoms with E-state index in [1.165, 1.54) is 4.88 Å². The van der Waals surface area contributed by atoms with Crippen molar-refractivity contribution in [2.45, 2.75) is 25.3 Å². The first-order chi connectivity index (χ1) is 8.78. The minimum atomic E-state index is 0.289. The highest BCUT2D eigenvalue weighted by atomic mass is 79.9. The first-order valence-corrected chi connectivity index (χ1v) is 7.54. The molecule has 2 rings (SSSR count). The summed E-state index contributed by atoms with van der Waals surface area (Å²) in [5.41, 5.74) is 4.01. The predicted molar refractivity (Wildman–Crippen MR) is 79.4 cm³/mol. The van der Waals surface area contributed by atoms with Crippen LogP contribution in [0.4, 0.5) is 0 Å². The molecule has 0 saturated carbocycles. The second kappa shape index (κ2) is 6.99. The molecule has 2 heterocycles. The number of aryl methyl sites for hydroxylation is 1. The fraction of sp³-hybridized carbons (Fsp3) is 0.308. The van der Waals surface area contributed by atoms with Crippen LogP contribution in [0.3, 0.4) is 0 Å². The van der Waals surface area contributed by atoms with Crippen molar-refractivity contribution in [3.05, 3.63) is 50.9 Å². The predicted octanol–water partition coefficient (Wildman–Crippen LogP) is 2.91. The van der Waals surface area contributed by atoms with Gasteiger partial charge in [-0.2, -0.15) is 0 Å². The molecule has 3 nitrogen and oxygen atoms in total. The maximum absolute atomic E-state index is 5.61. The van der Waals surface area contributed by atoms with Gasteiger partial charge in [0.15, 0.2) is 0 Å². The number of hydrogen-bond acceptors (Lipinski definition) is 4. The molecular formula is C13H16BrN3S. The van der Waals surface area contributed by atoms with E-state index in [1.54, 1.807) is 11.3 Å². The Balaban J connectivity index is 1.86. The highest BCUT2D eigenvalue weighted by molar-refractivity contribution is 9.10. The Morgan fingerprint density at radius 3 is 2.94 bits per heavy atom. The molecule has 0 radical (unpaired) electrons. The van der Waals surface area contributed by atoms with E-state index >= 15 is 0 Å². The lowest BCUT2D eigenvalue weighted by molar-refractivity contribution is 0.492. The van der Waals surface area contributed by atoms with Gasteiger partial charge in [-0.3, -0.25) is 16.3 Å². The zero-order chi connectivity index (χ0) is 12.8. The molecule has 1 atom stereocenters. The zero-order valence-electron chi connectivity index (χ0n) is 9.97. The van der Waals surface area contributed by atoms with Crippen molar-refractivity contribution >= 4 is 27.3 Å². The molecule has 18 heavy (non-hydrogen) atoms. The first kappa shape index (κ1) is 13.7. The van der Waals surface area contributed by atoms with Crippen molar-refractivity contribution in [2.75, 3.05) is 0 Å². The summed E-state index contributed by atoms with van der Waals surface area (Å²) >= 11 is 5.23. The summed E-state index contributed by atoms with van der Waals surface area (Å²) in [6.45, 7) is 0. The number of halogens is 1. The van der Waals surface area contributed by atoms with Crippen LogP contribution in [-0.2, 0) is 12.8 Å². The van der Waals surface area contributed by atoms with Crippen molar-refractivity contribution in [2.24, 2.45) is 5.84 Å². The number of rotatable bonds is 6. The molecule has 0 aliphatic carbocycles. The fourth-order valence-corrected chi connectivity index (χ4v) is 3.35. The largest absolute Gasteiger partial charge is 0.271 e. The minimum absolute atomic E-state index is 0.289. The van der Waals surface area contributed by atoms with Crippen LogP contribution in [0, 0.1) is 0 Å². The first-order valence-electron chi connectivity index (χ1n) is 5.87. The van der Waals surface area contributed by atoms with E-state index in [0.29, 0.717) is 0 Å². The van der Waals surface area contributed by atoms with Crippen molar-refractivity contribution in [1.82, 2.24) is 10.4 Å². The summed E-state index contributed by atoms with van der Waals surface area (Å²) in [5.74, 6) is 5.61. The summed E-state index contributed by atoms with van der Waals surface area (Å²) in [4.78, 5) is 5.66. The van der Waals surface area contributed by atoms with E-state index in [0.717, 1.165) is 29.4 Å². The highest BCUT2D eigenvalue weighted by Gasteiger charge is 2.10. The Labute approximate surface area is 120 Å². The van der Waals surface area contributed by atoms with Gasteiger partial charge in [-0.05, 0) is 53.4 Å². The maximum atomic E-state index is 5.61. The number of thiophene rings is 1. The van der Waals surface area contributed by atoms with Crippen molar-refractivity contribution in [1.29, 1.82) is 0 Å². The molecular weight excluding hydrogens is 310 g/mol. The number of nitrogens with one attached hydrogen (secondary N) is 1. The normalized spacial score (nSPS) is 12.6. The molecule has 3 N–H and O–H groups in total. The van der Waals surface area contributed by atoms with Crippen molar-refractivity contribution in [3.8, 4) is 0 Å². The number of nitrogens with zero attached hydrogens (tertiary/aromatic N) is 1. The van der Waals surface area contributed by atoms with Crippen molar-refractivity contribution in [3.63, 3.8) is 0 Å². The van der Waals surface area contributed by atoms with Crippen LogP contribution < -0.4 is 11.3 Å². The highest BCUT2D eigenvalue weighted by Crippen LogP contribution is 2.21. The van der Waals surface area contributed by atoms with Gasteiger partial charge in [-0.15, -0.1) is 11.3 Å². The lowest BCUT2D eigenvalue weighted by Gasteiger charge is -2.14. The molecule has 0 bridgehead atoms. The van der Waals surface area contributed by atoms with Gasteiger partial charge in [0.1, 0.15) is 0 Å². The molecule has 2 aromatic rings. The Bertz CT molecular complexity index is 472. The minimum Gasteiger partial charge on any atom is -0.271 e. The van der Waals surface area contributed by atoms with E-state index in [-0.39, 0.29) is 6.04 Å². The van der Waals surface area contributed by atoms with Gasteiger partial charge in [0.05, 0.1) is 0 Å². The Kier molecular flexibility index (Phi) is 5.31. The van der Waals surface area contributed by atoms with E-state index in [1.807, 2.05) is 18.3 Å². The zero-order valence-corrected chi connectivity index (χ0v) is 12.4.